The fourth-order valence-electron chi connectivity index (χ4n) is 2.50. The van der Waals surface area contributed by atoms with E-state index in [1.54, 1.807) is 0 Å². The second-order valence-corrected chi connectivity index (χ2v) is 5.60. The van der Waals surface area contributed by atoms with Gasteiger partial charge in [0.1, 0.15) is 6.04 Å². The zero-order valence-electron chi connectivity index (χ0n) is 12.7. The third kappa shape index (κ3) is 3.44. The van der Waals surface area contributed by atoms with E-state index < -0.39 is 12.0 Å². The number of fused-ring (bicyclic) bond motifs is 1. The fourth-order valence-corrected chi connectivity index (χ4v) is 2.50. The Morgan fingerprint density at radius 2 is 2.09 bits per heavy atom. The molecule has 0 fully saturated rings. The minimum Gasteiger partial charge on any atom is -0.480 e. The maximum absolute atomic E-state index is 12.1. The Labute approximate surface area is 129 Å². The number of carbonyl (C=O) groups is 3. The molecule has 6 nitrogen and oxygen atoms in total. The second kappa shape index (κ2) is 6.60. The maximum Gasteiger partial charge on any atom is 0.326 e. The van der Waals surface area contributed by atoms with E-state index in [9.17, 15) is 14.4 Å². The zero-order valence-corrected chi connectivity index (χ0v) is 12.7. The van der Waals surface area contributed by atoms with Gasteiger partial charge in [0.15, 0.2) is 0 Å². The molecule has 0 bridgehead atoms. The molecular formula is C16H20N2O4. The first-order valence-electron chi connectivity index (χ1n) is 7.27. The highest BCUT2D eigenvalue weighted by atomic mass is 16.4. The van der Waals surface area contributed by atoms with E-state index in [0.29, 0.717) is 12.8 Å². The number of benzene rings is 1. The standard InChI is InChI=1S/C16H20N2O4/c1-10(16(21)22)18(2)14(19)8-7-12-9-11-5-3-4-6-13(11)17-15(12)20/h3-6,10,12H,7-9H2,1-2H3,(H,17,20)(H,21,22). The quantitative estimate of drug-likeness (QED) is 0.863. The van der Waals surface area contributed by atoms with E-state index in [1.165, 1.54) is 18.9 Å². The van der Waals surface area contributed by atoms with Crippen molar-refractivity contribution in [1.82, 2.24) is 4.90 Å². The lowest BCUT2D eigenvalue weighted by molar-refractivity contribution is -0.148. The number of likely N-dealkylation sites (N-methyl/N-ethyl adjacent to an activating group) is 1. The third-order valence-electron chi connectivity index (χ3n) is 4.15. The lowest BCUT2D eigenvalue weighted by atomic mass is 9.89. The van der Waals surface area contributed by atoms with Crippen molar-refractivity contribution in [2.24, 2.45) is 5.92 Å². The smallest absolute Gasteiger partial charge is 0.326 e. The Kier molecular flexibility index (Phi) is 4.80. The number of amides is 2. The summed E-state index contributed by atoms with van der Waals surface area (Å²) in [7, 11) is 1.47. The third-order valence-corrected chi connectivity index (χ3v) is 4.15. The molecule has 0 aliphatic carbocycles. The van der Waals surface area contributed by atoms with Crippen molar-refractivity contribution in [1.29, 1.82) is 0 Å². The summed E-state index contributed by atoms with van der Waals surface area (Å²) in [6.45, 7) is 1.46. The van der Waals surface area contributed by atoms with Crippen molar-refractivity contribution in [2.45, 2.75) is 32.2 Å². The molecule has 2 unspecified atom stereocenters. The highest BCUT2D eigenvalue weighted by molar-refractivity contribution is 5.96. The Morgan fingerprint density at radius 3 is 2.77 bits per heavy atom. The predicted octanol–water partition coefficient (Wildman–Crippen LogP) is 1.51. The summed E-state index contributed by atoms with van der Waals surface area (Å²) in [4.78, 5) is 36.2. The maximum atomic E-state index is 12.1. The van der Waals surface area contributed by atoms with Crippen LogP contribution in [0.1, 0.15) is 25.3 Å². The van der Waals surface area contributed by atoms with Gasteiger partial charge >= 0.3 is 5.97 Å². The first kappa shape index (κ1) is 16.0. The Morgan fingerprint density at radius 1 is 1.41 bits per heavy atom. The van der Waals surface area contributed by atoms with Crippen LogP contribution in [0.5, 0.6) is 0 Å². The van der Waals surface area contributed by atoms with Gasteiger partial charge in [0.25, 0.3) is 0 Å². The van der Waals surface area contributed by atoms with E-state index in [0.717, 1.165) is 11.3 Å². The zero-order chi connectivity index (χ0) is 16.3. The van der Waals surface area contributed by atoms with Crippen LogP contribution in [0.4, 0.5) is 5.69 Å². The average molecular weight is 304 g/mol. The fraction of sp³-hybridized carbons (Fsp3) is 0.438. The van der Waals surface area contributed by atoms with E-state index in [-0.39, 0.29) is 24.2 Å². The molecule has 1 aliphatic heterocycles. The summed E-state index contributed by atoms with van der Waals surface area (Å²) in [5.41, 5.74) is 1.89. The number of nitrogens with zero attached hydrogens (tertiary/aromatic N) is 1. The van der Waals surface area contributed by atoms with Crippen LogP contribution >= 0.6 is 0 Å². The summed E-state index contributed by atoms with van der Waals surface area (Å²) in [6, 6.07) is 6.74. The number of carboxylic acids is 1. The predicted molar refractivity (Wildman–Crippen MR) is 81.4 cm³/mol. The molecule has 2 N–H and O–H groups in total. The number of carboxylic acid groups (broad SMARTS) is 1. The van der Waals surface area contributed by atoms with Gasteiger partial charge in [0.05, 0.1) is 0 Å². The van der Waals surface area contributed by atoms with Crippen molar-refractivity contribution in [2.75, 3.05) is 12.4 Å². The second-order valence-electron chi connectivity index (χ2n) is 5.60. The van der Waals surface area contributed by atoms with Crippen LogP contribution in [-0.4, -0.2) is 40.9 Å². The van der Waals surface area contributed by atoms with Crippen molar-refractivity contribution in [3.8, 4) is 0 Å². The Hall–Kier alpha value is -2.37. The van der Waals surface area contributed by atoms with Gasteiger partial charge in [-0.05, 0) is 31.4 Å². The summed E-state index contributed by atoms with van der Waals surface area (Å²) in [5, 5.41) is 11.8. The van der Waals surface area contributed by atoms with Crippen LogP contribution in [0.15, 0.2) is 24.3 Å². The van der Waals surface area contributed by atoms with Crippen LogP contribution in [0, 0.1) is 5.92 Å². The minimum atomic E-state index is -1.04. The number of rotatable bonds is 5. The van der Waals surface area contributed by atoms with E-state index in [2.05, 4.69) is 5.32 Å². The summed E-state index contributed by atoms with van der Waals surface area (Å²) < 4.78 is 0. The van der Waals surface area contributed by atoms with Crippen LogP contribution < -0.4 is 5.32 Å². The molecular weight excluding hydrogens is 284 g/mol. The minimum absolute atomic E-state index is 0.0829. The molecule has 1 aliphatic rings. The molecule has 6 heteroatoms. The van der Waals surface area contributed by atoms with Gasteiger partial charge in [0, 0.05) is 25.1 Å². The van der Waals surface area contributed by atoms with Gasteiger partial charge in [-0.25, -0.2) is 4.79 Å². The number of nitrogens with one attached hydrogen (secondary N) is 1. The summed E-state index contributed by atoms with van der Waals surface area (Å²) in [5.74, 6) is -1.64. The number of aliphatic carboxylic acids is 1. The molecule has 2 atom stereocenters. The summed E-state index contributed by atoms with van der Waals surface area (Å²) in [6.07, 6.45) is 1.18. The lowest BCUT2D eigenvalue weighted by Crippen LogP contribution is -2.40. The van der Waals surface area contributed by atoms with Gasteiger partial charge < -0.3 is 15.3 Å². The van der Waals surface area contributed by atoms with E-state index in [1.807, 2.05) is 24.3 Å². The molecule has 1 aromatic carbocycles. The monoisotopic (exact) mass is 304 g/mol. The van der Waals surface area contributed by atoms with Crippen molar-refractivity contribution < 1.29 is 19.5 Å². The number of para-hydroxylation sites is 1. The van der Waals surface area contributed by atoms with Gasteiger partial charge in [-0.3, -0.25) is 9.59 Å². The molecule has 0 saturated heterocycles. The summed E-state index contributed by atoms with van der Waals surface area (Å²) >= 11 is 0. The van der Waals surface area contributed by atoms with Gasteiger partial charge in [0.2, 0.25) is 11.8 Å². The molecule has 22 heavy (non-hydrogen) atoms. The number of hydrogen-bond acceptors (Lipinski definition) is 3. The molecule has 2 rings (SSSR count). The highest BCUT2D eigenvalue weighted by Gasteiger charge is 2.28. The van der Waals surface area contributed by atoms with Crippen molar-refractivity contribution >= 4 is 23.5 Å². The molecule has 1 aromatic rings. The Balaban J connectivity index is 1.94. The number of anilines is 1. The molecule has 1 heterocycles. The van der Waals surface area contributed by atoms with Crippen molar-refractivity contribution in [3.05, 3.63) is 29.8 Å². The molecule has 118 valence electrons. The molecule has 0 saturated carbocycles. The lowest BCUT2D eigenvalue weighted by Gasteiger charge is -2.26. The number of carbonyl (C=O) groups excluding carboxylic acids is 2. The molecule has 2 amide bonds. The first-order chi connectivity index (χ1) is 10.4. The topological polar surface area (TPSA) is 86.7 Å². The van der Waals surface area contributed by atoms with Crippen LogP contribution in [-0.2, 0) is 20.8 Å². The normalized spacial score (nSPS) is 18.1. The SMILES string of the molecule is CC(C(=O)O)N(C)C(=O)CCC1Cc2ccccc2NC1=O. The van der Waals surface area contributed by atoms with Crippen LogP contribution in [0.3, 0.4) is 0 Å². The van der Waals surface area contributed by atoms with Gasteiger partial charge in [-0.1, -0.05) is 18.2 Å². The molecule has 0 radical (unpaired) electrons. The first-order valence-corrected chi connectivity index (χ1v) is 7.27. The van der Waals surface area contributed by atoms with Gasteiger partial charge in [-0.2, -0.15) is 0 Å². The van der Waals surface area contributed by atoms with Crippen LogP contribution in [0.2, 0.25) is 0 Å². The van der Waals surface area contributed by atoms with Crippen molar-refractivity contribution in [3.63, 3.8) is 0 Å². The Bertz CT molecular complexity index is 600. The van der Waals surface area contributed by atoms with E-state index in [4.69, 9.17) is 5.11 Å². The molecule has 0 spiro atoms. The van der Waals surface area contributed by atoms with E-state index >= 15 is 0 Å². The number of hydrogen-bond donors (Lipinski definition) is 2. The molecule has 0 aromatic heterocycles. The van der Waals surface area contributed by atoms with Gasteiger partial charge in [-0.15, -0.1) is 0 Å². The highest BCUT2D eigenvalue weighted by Crippen LogP contribution is 2.27. The largest absolute Gasteiger partial charge is 0.480 e. The average Bonchev–Trinajstić information content (AvgIpc) is 2.50. The van der Waals surface area contributed by atoms with Crippen LogP contribution in [0.25, 0.3) is 0 Å².